The third kappa shape index (κ3) is 2.95. The van der Waals surface area contributed by atoms with Crippen molar-refractivity contribution in [2.24, 2.45) is 0 Å². The van der Waals surface area contributed by atoms with E-state index < -0.39 is 6.10 Å². The number of ether oxygens (including phenoxy) is 2. The minimum atomic E-state index is -0.507. The SMILES string of the molecule is Cc1nc2c(c(N3CCOC[C@H](O)C3)n1)Cc1ccccc1OC2. The maximum absolute atomic E-state index is 10.1. The number of hydrogen-bond acceptors (Lipinski definition) is 6. The Hall–Kier alpha value is -2.18. The van der Waals surface area contributed by atoms with Crippen molar-refractivity contribution >= 4 is 5.82 Å². The number of hydrogen-bond donors (Lipinski definition) is 1. The van der Waals surface area contributed by atoms with E-state index in [0.717, 1.165) is 40.6 Å². The van der Waals surface area contributed by atoms with Crippen molar-refractivity contribution in [3.8, 4) is 5.75 Å². The Labute approximate surface area is 141 Å². The summed E-state index contributed by atoms with van der Waals surface area (Å²) in [5, 5.41) is 10.1. The Morgan fingerprint density at radius 1 is 1.25 bits per heavy atom. The molecule has 1 aromatic carbocycles. The maximum atomic E-state index is 10.1. The average Bonchev–Trinajstić information content (AvgIpc) is 2.90. The molecule has 24 heavy (non-hydrogen) atoms. The van der Waals surface area contributed by atoms with Gasteiger partial charge in [-0.05, 0) is 18.6 Å². The normalized spacial score (nSPS) is 20.4. The largest absolute Gasteiger partial charge is 0.487 e. The molecule has 0 spiro atoms. The van der Waals surface area contributed by atoms with E-state index >= 15 is 0 Å². The third-order valence-electron chi connectivity index (χ3n) is 4.43. The summed E-state index contributed by atoms with van der Waals surface area (Å²) in [6.07, 6.45) is 0.224. The van der Waals surface area contributed by atoms with Crippen LogP contribution >= 0.6 is 0 Å². The summed E-state index contributed by atoms with van der Waals surface area (Å²) in [5.74, 6) is 2.51. The maximum Gasteiger partial charge on any atom is 0.136 e. The lowest BCUT2D eigenvalue weighted by Gasteiger charge is -2.25. The minimum Gasteiger partial charge on any atom is -0.487 e. The molecule has 0 aliphatic carbocycles. The van der Waals surface area contributed by atoms with E-state index in [1.54, 1.807) is 0 Å². The van der Waals surface area contributed by atoms with Crippen molar-refractivity contribution in [3.63, 3.8) is 0 Å². The van der Waals surface area contributed by atoms with Gasteiger partial charge >= 0.3 is 0 Å². The van der Waals surface area contributed by atoms with Gasteiger partial charge in [-0.25, -0.2) is 9.97 Å². The molecule has 1 fully saturated rings. The quantitative estimate of drug-likeness (QED) is 0.855. The smallest absolute Gasteiger partial charge is 0.136 e. The molecule has 1 N–H and O–H groups in total. The molecule has 6 nitrogen and oxygen atoms in total. The molecule has 0 unspecified atom stereocenters. The summed E-state index contributed by atoms with van der Waals surface area (Å²) in [5.41, 5.74) is 3.14. The van der Waals surface area contributed by atoms with Crippen LogP contribution < -0.4 is 9.64 Å². The fourth-order valence-corrected chi connectivity index (χ4v) is 3.31. The fraction of sp³-hybridized carbons (Fsp3) is 0.444. The van der Waals surface area contributed by atoms with E-state index in [4.69, 9.17) is 14.5 Å². The first kappa shape index (κ1) is 15.4. The van der Waals surface area contributed by atoms with Crippen LogP contribution in [0.25, 0.3) is 0 Å². The highest BCUT2D eigenvalue weighted by molar-refractivity contribution is 5.54. The Morgan fingerprint density at radius 3 is 3.04 bits per heavy atom. The number of aliphatic hydroxyl groups excluding tert-OH is 1. The number of para-hydroxylation sites is 1. The van der Waals surface area contributed by atoms with Gasteiger partial charge in [0.15, 0.2) is 0 Å². The average molecular weight is 327 g/mol. The zero-order valence-electron chi connectivity index (χ0n) is 13.7. The molecule has 0 saturated carbocycles. The second kappa shape index (κ2) is 6.37. The zero-order valence-corrected chi connectivity index (χ0v) is 13.7. The molecule has 3 heterocycles. The van der Waals surface area contributed by atoms with Crippen LogP contribution in [0.5, 0.6) is 5.75 Å². The van der Waals surface area contributed by atoms with Crippen molar-refractivity contribution in [1.82, 2.24) is 9.97 Å². The molecule has 6 heteroatoms. The summed E-state index contributed by atoms with van der Waals surface area (Å²) in [4.78, 5) is 11.4. The number of aromatic nitrogens is 2. The van der Waals surface area contributed by atoms with Gasteiger partial charge in [0, 0.05) is 25.1 Å². The van der Waals surface area contributed by atoms with Crippen LogP contribution in [-0.4, -0.2) is 47.5 Å². The van der Waals surface area contributed by atoms with E-state index in [-0.39, 0.29) is 0 Å². The predicted octanol–water partition coefficient (Wildman–Crippen LogP) is 1.47. The van der Waals surface area contributed by atoms with Gasteiger partial charge < -0.3 is 19.5 Å². The summed E-state index contributed by atoms with van der Waals surface area (Å²) >= 11 is 0. The summed E-state index contributed by atoms with van der Waals surface area (Å²) < 4.78 is 11.4. The molecular weight excluding hydrogens is 306 g/mol. The van der Waals surface area contributed by atoms with Crippen molar-refractivity contribution in [2.45, 2.75) is 26.1 Å². The first-order chi connectivity index (χ1) is 11.7. The molecular formula is C18H21N3O3. The van der Waals surface area contributed by atoms with Crippen molar-refractivity contribution in [3.05, 3.63) is 46.9 Å². The highest BCUT2D eigenvalue weighted by Crippen LogP contribution is 2.32. The highest BCUT2D eigenvalue weighted by atomic mass is 16.5. The molecule has 1 atom stereocenters. The number of benzene rings is 1. The predicted molar refractivity (Wildman–Crippen MR) is 89.4 cm³/mol. The van der Waals surface area contributed by atoms with E-state index in [9.17, 15) is 5.11 Å². The minimum absolute atomic E-state index is 0.370. The first-order valence-corrected chi connectivity index (χ1v) is 8.28. The lowest BCUT2D eigenvalue weighted by Crippen LogP contribution is -2.34. The van der Waals surface area contributed by atoms with Crippen molar-refractivity contribution < 1.29 is 14.6 Å². The van der Waals surface area contributed by atoms with Gasteiger partial charge in [0.1, 0.15) is 24.0 Å². The molecule has 126 valence electrons. The Balaban J connectivity index is 1.77. The zero-order chi connectivity index (χ0) is 16.5. The molecule has 0 radical (unpaired) electrons. The van der Waals surface area contributed by atoms with Crippen LogP contribution in [-0.2, 0) is 17.8 Å². The molecule has 2 aliphatic rings. The molecule has 4 rings (SSSR count). The van der Waals surface area contributed by atoms with E-state index in [1.807, 2.05) is 25.1 Å². The summed E-state index contributed by atoms with van der Waals surface area (Å²) in [6.45, 7) is 4.52. The second-order valence-electron chi connectivity index (χ2n) is 6.27. The van der Waals surface area contributed by atoms with E-state index in [1.165, 1.54) is 0 Å². The molecule has 0 amide bonds. The van der Waals surface area contributed by atoms with Crippen LogP contribution in [0.4, 0.5) is 5.82 Å². The van der Waals surface area contributed by atoms with Gasteiger partial charge in [-0.2, -0.15) is 0 Å². The Bertz CT molecular complexity index is 750. The van der Waals surface area contributed by atoms with Gasteiger partial charge in [-0.15, -0.1) is 0 Å². The number of β-amino-alcohol motifs (C(OH)–C–C–N with tert-alkyl or cyclic N) is 1. The Kier molecular flexibility index (Phi) is 4.08. The lowest BCUT2D eigenvalue weighted by molar-refractivity contribution is 0.0597. The van der Waals surface area contributed by atoms with Crippen LogP contribution in [0, 0.1) is 6.92 Å². The van der Waals surface area contributed by atoms with Gasteiger partial charge in [-0.3, -0.25) is 0 Å². The van der Waals surface area contributed by atoms with Crippen LogP contribution in [0.1, 0.15) is 22.6 Å². The number of anilines is 1. The number of aliphatic hydroxyl groups is 1. The molecule has 1 aromatic heterocycles. The number of nitrogens with zero attached hydrogens (tertiary/aromatic N) is 3. The van der Waals surface area contributed by atoms with Gasteiger partial charge in [-0.1, -0.05) is 18.2 Å². The van der Waals surface area contributed by atoms with E-state index in [0.29, 0.717) is 32.9 Å². The van der Waals surface area contributed by atoms with Gasteiger partial charge in [0.25, 0.3) is 0 Å². The van der Waals surface area contributed by atoms with E-state index in [2.05, 4.69) is 16.0 Å². The highest BCUT2D eigenvalue weighted by Gasteiger charge is 2.25. The number of rotatable bonds is 1. The number of aryl methyl sites for hydroxylation is 1. The Morgan fingerprint density at radius 2 is 2.12 bits per heavy atom. The standard InChI is InChI=1S/C18H21N3O3/c1-12-19-16-11-24-17-5-3-2-4-13(17)8-15(16)18(20-12)21-6-7-23-10-14(22)9-21/h2-5,14,22H,6-11H2,1H3/t14-/m1/s1. The third-order valence-corrected chi connectivity index (χ3v) is 4.43. The number of fused-ring (bicyclic) bond motifs is 2. The molecule has 2 aromatic rings. The monoisotopic (exact) mass is 327 g/mol. The molecule has 2 aliphatic heterocycles. The lowest BCUT2D eigenvalue weighted by atomic mass is 10.0. The van der Waals surface area contributed by atoms with Crippen LogP contribution in [0.15, 0.2) is 24.3 Å². The van der Waals surface area contributed by atoms with Crippen molar-refractivity contribution in [2.75, 3.05) is 31.2 Å². The topological polar surface area (TPSA) is 67.7 Å². The molecule has 1 saturated heterocycles. The van der Waals surface area contributed by atoms with Gasteiger partial charge in [0.05, 0.1) is 25.0 Å². The summed E-state index contributed by atoms with van der Waals surface area (Å²) in [6, 6.07) is 8.07. The van der Waals surface area contributed by atoms with Crippen molar-refractivity contribution in [1.29, 1.82) is 0 Å². The fourth-order valence-electron chi connectivity index (χ4n) is 3.31. The molecule has 0 bridgehead atoms. The second-order valence-corrected chi connectivity index (χ2v) is 6.27. The van der Waals surface area contributed by atoms with Gasteiger partial charge in [0.2, 0.25) is 0 Å². The summed E-state index contributed by atoms with van der Waals surface area (Å²) in [7, 11) is 0. The van der Waals surface area contributed by atoms with Crippen LogP contribution in [0.3, 0.4) is 0 Å². The van der Waals surface area contributed by atoms with Crippen LogP contribution in [0.2, 0.25) is 0 Å². The first-order valence-electron chi connectivity index (χ1n) is 8.28.